The van der Waals surface area contributed by atoms with E-state index in [0.717, 1.165) is 30.9 Å². The van der Waals surface area contributed by atoms with Crippen LogP contribution in [0.3, 0.4) is 0 Å². The molecular formula is C18H29N3. The zero-order valence-corrected chi connectivity index (χ0v) is 13.3. The largest absolute Gasteiger partial charge is 0.357 e. The minimum atomic E-state index is 0.711. The van der Waals surface area contributed by atoms with Gasteiger partial charge in [-0.2, -0.15) is 0 Å². The predicted molar refractivity (Wildman–Crippen MR) is 88.6 cm³/mol. The van der Waals surface area contributed by atoms with Gasteiger partial charge < -0.3 is 10.2 Å². The molecule has 1 aromatic heterocycles. The third-order valence-corrected chi connectivity index (χ3v) is 5.20. The molecule has 2 heterocycles. The molecule has 1 aromatic rings. The van der Waals surface area contributed by atoms with Crippen LogP contribution in [0.25, 0.3) is 0 Å². The molecule has 3 nitrogen and oxygen atoms in total. The fourth-order valence-electron chi connectivity index (χ4n) is 3.80. The van der Waals surface area contributed by atoms with Crippen LogP contribution in [0, 0.1) is 5.92 Å². The van der Waals surface area contributed by atoms with Crippen LogP contribution in [0.1, 0.15) is 51.9 Å². The molecule has 2 unspecified atom stereocenters. The summed E-state index contributed by atoms with van der Waals surface area (Å²) >= 11 is 0. The van der Waals surface area contributed by atoms with Crippen LogP contribution in [0.2, 0.25) is 0 Å². The summed E-state index contributed by atoms with van der Waals surface area (Å²) in [5.74, 6) is 2.07. The van der Waals surface area contributed by atoms with Gasteiger partial charge >= 0.3 is 0 Å². The number of pyridine rings is 1. The average molecular weight is 287 g/mol. The molecule has 0 radical (unpaired) electrons. The summed E-state index contributed by atoms with van der Waals surface area (Å²) < 4.78 is 0. The second kappa shape index (κ2) is 7.26. The van der Waals surface area contributed by atoms with E-state index in [-0.39, 0.29) is 0 Å². The number of nitrogens with zero attached hydrogens (tertiary/aromatic N) is 2. The van der Waals surface area contributed by atoms with Gasteiger partial charge in [-0.1, -0.05) is 25.8 Å². The summed E-state index contributed by atoms with van der Waals surface area (Å²) in [7, 11) is 0. The number of anilines is 1. The fraction of sp³-hybridized carbons (Fsp3) is 0.722. The summed E-state index contributed by atoms with van der Waals surface area (Å²) in [5.41, 5.74) is 0. The first kappa shape index (κ1) is 14.8. The highest BCUT2D eigenvalue weighted by Gasteiger charge is 2.23. The van der Waals surface area contributed by atoms with E-state index in [0.29, 0.717) is 6.04 Å². The van der Waals surface area contributed by atoms with Gasteiger partial charge in [0.25, 0.3) is 0 Å². The topological polar surface area (TPSA) is 28.2 Å². The minimum Gasteiger partial charge on any atom is -0.357 e. The Morgan fingerprint density at radius 2 is 1.81 bits per heavy atom. The summed E-state index contributed by atoms with van der Waals surface area (Å²) in [4.78, 5) is 6.89. The van der Waals surface area contributed by atoms with Crippen molar-refractivity contribution in [2.75, 3.05) is 18.0 Å². The Morgan fingerprint density at radius 3 is 2.57 bits per heavy atom. The van der Waals surface area contributed by atoms with Gasteiger partial charge in [0, 0.05) is 31.4 Å². The molecular weight excluding hydrogens is 258 g/mol. The molecule has 0 amide bonds. The summed E-state index contributed by atoms with van der Waals surface area (Å²) in [6, 6.07) is 7.68. The highest BCUT2D eigenvalue weighted by atomic mass is 15.2. The van der Waals surface area contributed by atoms with E-state index in [9.17, 15) is 0 Å². The number of aromatic nitrogens is 1. The Labute approximate surface area is 129 Å². The van der Waals surface area contributed by atoms with Gasteiger partial charge in [-0.3, -0.25) is 0 Å². The number of nitrogens with one attached hydrogen (secondary N) is 1. The molecule has 3 rings (SSSR count). The van der Waals surface area contributed by atoms with Crippen molar-refractivity contribution in [1.29, 1.82) is 0 Å². The molecule has 2 fully saturated rings. The molecule has 2 atom stereocenters. The van der Waals surface area contributed by atoms with Crippen molar-refractivity contribution in [1.82, 2.24) is 10.3 Å². The molecule has 116 valence electrons. The molecule has 1 aliphatic carbocycles. The van der Waals surface area contributed by atoms with Gasteiger partial charge in [0.05, 0.1) is 0 Å². The molecule has 1 aliphatic heterocycles. The van der Waals surface area contributed by atoms with E-state index in [1.807, 2.05) is 12.3 Å². The van der Waals surface area contributed by atoms with Crippen molar-refractivity contribution in [3.05, 3.63) is 24.4 Å². The molecule has 1 saturated heterocycles. The maximum Gasteiger partial charge on any atom is 0.128 e. The third-order valence-electron chi connectivity index (χ3n) is 5.20. The zero-order chi connectivity index (χ0) is 14.5. The van der Waals surface area contributed by atoms with Gasteiger partial charge in [0.2, 0.25) is 0 Å². The van der Waals surface area contributed by atoms with Crippen molar-refractivity contribution >= 4 is 5.82 Å². The van der Waals surface area contributed by atoms with Crippen LogP contribution >= 0.6 is 0 Å². The van der Waals surface area contributed by atoms with Crippen LogP contribution in [0.4, 0.5) is 5.82 Å². The number of piperidine rings is 1. The van der Waals surface area contributed by atoms with Gasteiger partial charge in [-0.05, 0) is 50.2 Å². The standard InChI is InChI=1S/C18H29N3/c1-15-5-4-6-16(9-8-15)20-17-10-13-21(14-11-17)18-7-2-3-12-19-18/h2-3,7,12,15-17,20H,4-6,8-11,13-14H2,1H3. The van der Waals surface area contributed by atoms with Gasteiger partial charge in [0.15, 0.2) is 0 Å². The monoisotopic (exact) mass is 287 g/mol. The lowest BCUT2D eigenvalue weighted by Gasteiger charge is -2.35. The van der Waals surface area contributed by atoms with Crippen LogP contribution in [-0.4, -0.2) is 30.2 Å². The van der Waals surface area contributed by atoms with Gasteiger partial charge in [0.1, 0.15) is 5.82 Å². The lowest BCUT2D eigenvalue weighted by Crippen LogP contribution is -2.46. The Bertz CT molecular complexity index is 412. The first-order valence-electron chi connectivity index (χ1n) is 8.73. The predicted octanol–water partition coefficient (Wildman–Crippen LogP) is 3.61. The summed E-state index contributed by atoms with van der Waals surface area (Å²) in [6.45, 7) is 4.68. The molecule has 1 N–H and O–H groups in total. The molecule has 0 spiro atoms. The van der Waals surface area contributed by atoms with Crippen molar-refractivity contribution in [3.63, 3.8) is 0 Å². The Hall–Kier alpha value is -1.09. The van der Waals surface area contributed by atoms with E-state index in [4.69, 9.17) is 0 Å². The van der Waals surface area contributed by atoms with Crippen LogP contribution < -0.4 is 10.2 Å². The highest BCUT2D eigenvalue weighted by molar-refractivity contribution is 5.38. The number of rotatable bonds is 3. The lowest BCUT2D eigenvalue weighted by atomic mass is 10.0. The smallest absolute Gasteiger partial charge is 0.128 e. The molecule has 2 aliphatic rings. The highest BCUT2D eigenvalue weighted by Crippen LogP contribution is 2.24. The maximum atomic E-state index is 4.47. The van der Waals surface area contributed by atoms with E-state index in [1.165, 1.54) is 44.9 Å². The second-order valence-electron chi connectivity index (χ2n) is 6.93. The van der Waals surface area contributed by atoms with Crippen molar-refractivity contribution in [3.8, 4) is 0 Å². The van der Waals surface area contributed by atoms with Crippen LogP contribution in [-0.2, 0) is 0 Å². The SMILES string of the molecule is CC1CCCC(NC2CCN(c3ccccn3)CC2)CC1. The first-order valence-corrected chi connectivity index (χ1v) is 8.73. The quantitative estimate of drug-likeness (QED) is 0.861. The summed E-state index contributed by atoms with van der Waals surface area (Å²) in [6.07, 6.45) is 11.4. The van der Waals surface area contributed by atoms with E-state index < -0.39 is 0 Å². The maximum absolute atomic E-state index is 4.47. The fourth-order valence-corrected chi connectivity index (χ4v) is 3.80. The third kappa shape index (κ3) is 4.19. The Balaban J connectivity index is 1.45. The average Bonchev–Trinajstić information content (AvgIpc) is 2.74. The van der Waals surface area contributed by atoms with E-state index in [1.54, 1.807) is 0 Å². The molecule has 21 heavy (non-hydrogen) atoms. The molecule has 1 saturated carbocycles. The van der Waals surface area contributed by atoms with Crippen molar-refractivity contribution in [2.24, 2.45) is 5.92 Å². The number of hydrogen-bond acceptors (Lipinski definition) is 3. The van der Waals surface area contributed by atoms with E-state index >= 15 is 0 Å². The van der Waals surface area contributed by atoms with Gasteiger partial charge in [-0.25, -0.2) is 4.98 Å². The van der Waals surface area contributed by atoms with Crippen LogP contribution in [0.5, 0.6) is 0 Å². The Kier molecular flexibility index (Phi) is 5.13. The number of hydrogen-bond donors (Lipinski definition) is 1. The molecule has 0 aromatic carbocycles. The first-order chi connectivity index (χ1) is 10.3. The second-order valence-corrected chi connectivity index (χ2v) is 6.93. The zero-order valence-electron chi connectivity index (χ0n) is 13.3. The normalized spacial score (nSPS) is 28.3. The van der Waals surface area contributed by atoms with E-state index in [2.05, 4.69) is 34.3 Å². The van der Waals surface area contributed by atoms with Crippen LogP contribution in [0.15, 0.2) is 24.4 Å². The Morgan fingerprint density at radius 1 is 1.00 bits per heavy atom. The minimum absolute atomic E-state index is 0.711. The molecule has 3 heteroatoms. The molecule has 0 bridgehead atoms. The summed E-state index contributed by atoms with van der Waals surface area (Å²) in [5, 5.41) is 3.94. The van der Waals surface area contributed by atoms with Crippen molar-refractivity contribution < 1.29 is 0 Å². The van der Waals surface area contributed by atoms with Crippen molar-refractivity contribution in [2.45, 2.75) is 64.0 Å². The van der Waals surface area contributed by atoms with Gasteiger partial charge in [-0.15, -0.1) is 0 Å². The lowest BCUT2D eigenvalue weighted by molar-refractivity contribution is 0.342.